The molecule has 0 radical (unpaired) electrons. The van der Waals surface area contributed by atoms with Gasteiger partial charge in [-0.15, -0.1) is 0 Å². The second kappa shape index (κ2) is 8.37. The van der Waals surface area contributed by atoms with Crippen molar-refractivity contribution in [1.29, 1.82) is 0 Å². The Hall–Kier alpha value is -2.22. The minimum atomic E-state index is -0.107. The molecule has 168 valence electrons. The fourth-order valence-electron chi connectivity index (χ4n) is 5.17. The number of nitrogens with zero attached hydrogens (tertiary/aromatic N) is 4. The van der Waals surface area contributed by atoms with Gasteiger partial charge in [0.05, 0.1) is 11.3 Å². The van der Waals surface area contributed by atoms with Gasteiger partial charge in [0.25, 0.3) is 0 Å². The van der Waals surface area contributed by atoms with Crippen LogP contribution in [0.4, 0.5) is 0 Å². The van der Waals surface area contributed by atoms with Crippen molar-refractivity contribution in [3.63, 3.8) is 0 Å². The third-order valence-electron chi connectivity index (χ3n) is 7.27. The van der Waals surface area contributed by atoms with Crippen LogP contribution in [0.1, 0.15) is 79.6 Å². The van der Waals surface area contributed by atoms with Crippen LogP contribution in [0.2, 0.25) is 0 Å². The first-order chi connectivity index (χ1) is 15.0. The second-order valence-corrected chi connectivity index (χ2v) is 9.60. The van der Waals surface area contributed by atoms with Crippen molar-refractivity contribution >= 4 is 5.91 Å². The SMILES string of the molecule is Cc1noc(C)c1CCC(=O)N1CCC2(CC1)CC(Cc1noc(C3CC3)n1)CCO2. The van der Waals surface area contributed by atoms with Crippen molar-refractivity contribution in [2.75, 3.05) is 19.7 Å². The Morgan fingerprint density at radius 1 is 1.13 bits per heavy atom. The van der Waals surface area contributed by atoms with Crippen molar-refractivity contribution in [3.05, 3.63) is 28.7 Å². The molecule has 2 aromatic rings. The van der Waals surface area contributed by atoms with Gasteiger partial charge >= 0.3 is 0 Å². The Labute approximate surface area is 182 Å². The van der Waals surface area contributed by atoms with Crippen molar-refractivity contribution in [2.24, 2.45) is 5.92 Å². The van der Waals surface area contributed by atoms with E-state index in [0.717, 1.165) is 80.5 Å². The van der Waals surface area contributed by atoms with E-state index in [2.05, 4.69) is 15.3 Å². The quantitative estimate of drug-likeness (QED) is 0.695. The summed E-state index contributed by atoms with van der Waals surface area (Å²) in [5, 5.41) is 8.19. The third kappa shape index (κ3) is 4.54. The maximum Gasteiger partial charge on any atom is 0.229 e. The number of piperidine rings is 1. The predicted molar refractivity (Wildman–Crippen MR) is 111 cm³/mol. The van der Waals surface area contributed by atoms with E-state index in [-0.39, 0.29) is 11.5 Å². The van der Waals surface area contributed by atoms with Gasteiger partial charge in [0.15, 0.2) is 5.82 Å². The standard InChI is InChI=1S/C23H32N4O4/c1-15-19(16(2)30-25-15)5-6-21(28)27-10-8-23(9-11-27)14-17(7-12-29-23)13-20-24-22(31-26-20)18-3-4-18/h17-18H,3-14H2,1-2H3. The molecule has 8 nitrogen and oxygen atoms in total. The zero-order valence-corrected chi connectivity index (χ0v) is 18.6. The van der Waals surface area contributed by atoms with E-state index in [1.54, 1.807) is 0 Å². The lowest BCUT2D eigenvalue weighted by molar-refractivity contribution is -0.147. The van der Waals surface area contributed by atoms with Crippen LogP contribution >= 0.6 is 0 Å². The van der Waals surface area contributed by atoms with Crippen LogP contribution in [0.15, 0.2) is 9.05 Å². The number of likely N-dealkylation sites (tertiary alicyclic amines) is 1. The zero-order chi connectivity index (χ0) is 21.4. The summed E-state index contributed by atoms with van der Waals surface area (Å²) in [5.74, 6) is 3.70. The number of amides is 1. The van der Waals surface area contributed by atoms with Gasteiger partial charge in [-0.05, 0) is 64.7 Å². The van der Waals surface area contributed by atoms with Crippen LogP contribution in [0.3, 0.4) is 0 Å². The highest BCUT2D eigenvalue weighted by atomic mass is 16.5. The monoisotopic (exact) mass is 428 g/mol. The summed E-state index contributed by atoms with van der Waals surface area (Å²) in [6.07, 6.45) is 8.26. The largest absolute Gasteiger partial charge is 0.375 e. The minimum Gasteiger partial charge on any atom is -0.375 e. The lowest BCUT2D eigenvalue weighted by atomic mass is 9.78. The number of ether oxygens (including phenoxy) is 1. The lowest BCUT2D eigenvalue weighted by Gasteiger charge is -2.46. The first kappa shape index (κ1) is 20.7. The van der Waals surface area contributed by atoms with Crippen LogP contribution in [0.5, 0.6) is 0 Å². The van der Waals surface area contributed by atoms with E-state index in [1.165, 1.54) is 12.8 Å². The average molecular weight is 429 g/mol. The molecule has 0 bridgehead atoms. The minimum absolute atomic E-state index is 0.107. The van der Waals surface area contributed by atoms with E-state index in [1.807, 2.05) is 18.7 Å². The van der Waals surface area contributed by atoms with Gasteiger partial charge in [0.2, 0.25) is 11.8 Å². The number of hydrogen-bond donors (Lipinski definition) is 0. The Morgan fingerprint density at radius 3 is 2.65 bits per heavy atom. The summed E-state index contributed by atoms with van der Waals surface area (Å²) in [7, 11) is 0. The maximum absolute atomic E-state index is 12.8. The Bertz CT molecular complexity index is 904. The first-order valence-electron chi connectivity index (χ1n) is 11.7. The molecule has 1 unspecified atom stereocenters. The van der Waals surface area contributed by atoms with Gasteiger partial charge in [-0.1, -0.05) is 10.3 Å². The summed E-state index contributed by atoms with van der Waals surface area (Å²) in [6.45, 7) is 6.14. The summed E-state index contributed by atoms with van der Waals surface area (Å²) in [4.78, 5) is 19.4. The van der Waals surface area contributed by atoms with Crippen LogP contribution in [0, 0.1) is 19.8 Å². The Balaban J connectivity index is 1.12. The lowest BCUT2D eigenvalue weighted by Crippen LogP contribution is -2.51. The number of aryl methyl sites for hydroxylation is 2. The molecule has 1 spiro atoms. The average Bonchev–Trinajstić information content (AvgIpc) is 3.43. The molecular weight excluding hydrogens is 396 g/mol. The molecule has 1 amide bonds. The summed E-state index contributed by atoms with van der Waals surface area (Å²) in [5.41, 5.74) is 1.84. The van der Waals surface area contributed by atoms with E-state index in [0.29, 0.717) is 24.7 Å². The third-order valence-corrected chi connectivity index (χ3v) is 7.27. The van der Waals surface area contributed by atoms with Gasteiger partial charge in [0.1, 0.15) is 5.76 Å². The molecule has 5 rings (SSSR count). The predicted octanol–water partition coefficient (Wildman–Crippen LogP) is 3.51. The summed E-state index contributed by atoms with van der Waals surface area (Å²) < 4.78 is 16.9. The summed E-state index contributed by atoms with van der Waals surface area (Å²) >= 11 is 0. The van der Waals surface area contributed by atoms with E-state index in [4.69, 9.17) is 13.8 Å². The molecule has 2 saturated heterocycles. The smallest absolute Gasteiger partial charge is 0.229 e. The first-order valence-corrected chi connectivity index (χ1v) is 11.7. The van der Waals surface area contributed by atoms with E-state index in [9.17, 15) is 4.79 Å². The molecule has 31 heavy (non-hydrogen) atoms. The fraction of sp³-hybridized carbons (Fsp3) is 0.739. The molecule has 1 saturated carbocycles. The van der Waals surface area contributed by atoms with Crippen molar-refractivity contribution in [3.8, 4) is 0 Å². The van der Waals surface area contributed by atoms with Crippen LogP contribution in [-0.4, -0.2) is 51.4 Å². The van der Waals surface area contributed by atoms with Crippen molar-refractivity contribution < 1.29 is 18.6 Å². The van der Waals surface area contributed by atoms with Gasteiger partial charge in [0, 0.05) is 44.0 Å². The molecule has 0 aromatic carbocycles. The van der Waals surface area contributed by atoms with Crippen molar-refractivity contribution in [2.45, 2.75) is 83.2 Å². The molecule has 8 heteroatoms. The van der Waals surface area contributed by atoms with Crippen molar-refractivity contribution in [1.82, 2.24) is 20.2 Å². The highest BCUT2D eigenvalue weighted by Crippen LogP contribution is 2.40. The molecule has 4 heterocycles. The van der Waals surface area contributed by atoms with Crippen LogP contribution in [0.25, 0.3) is 0 Å². The molecule has 3 fully saturated rings. The number of aromatic nitrogens is 3. The molecule has 2 aromatic heterocycles. The molecule has 1 atom stereocenters. The molecule has 0 N–H and O–H groups in total. The van der Waals surface area contributed by atoms with Gasteiger partial charge in [-0.3, -0.25) is 4.79 Å². The molecule has 1 aliphatic carbocycles. The van der Waals surface area contributed by atoms with Crippen LogP contribution in [-0.2, 0) is 22.4 Å². The van der Waals surface area contributed by atoms with E-state index < -0.39 is 0 Å². The molecular formula is C23H32N4O4. The number of hydrogen-bond acceptors (Lipinski definition) is 7. The van der Waals surface area contributed by atoms with Gasteiger partial charge in [-0.25, -0.2) is 0 Å². The Kier molecular flexibility index (Phi) is 5.58. The second-order valence-electron chi connectivity index (χ2n) is 9.60. The zero-order valence-electron chi connectivity index (χ0n) is 18.6. The topological polar surface area (TPSA) is 94.5 Å². The maximum atomic E-state index is 12.8. The number of rotatable bonds is 6. The van der Waals surface area contributed by atoms with Crippen LogP contribution < -0.4 is 0 Å². The van der Waals surface area contributed by atoms with Gasteiger partial charge in [-0.2, -0.15) is 4.98 Å². The highest BCUT2D eigenvalue weighted by molar-refractivity contribution is 5.76. The molecule has 2 aliphatic heterocycles. The Morgan fingerprint density at radius 2 is 1.94 bits per heavy atom. The van der Waals surface area contributed by atoms with Gasteiger partial charge < -0.3 is 18.7 Å². The fourth-order valence-corrected chi connectivity index (χ4v) is 5.17. The summed E-state index contributed by atoms with van der Waals surface area (Å²) in [6, 6.07) is 0. The number of carbonyl (C=O) groups excluding carboxylic acids is 1. The normalized spacial score (nSPS) is 23.4. The highest BCUT2D eigenvalue weighted by Gasteiger charge is 2.41. The molecule has 3 aliphatic rings. The van der Waals surface area contributed by atoms with E-state index >= 15 is 0 Å². The number of carbonyl (C=O) groups is 1.